The molecule has 0 aliphatic carbocycles. The van der Waals surface area contributed by atoms with E-state index in [1.54, 1.807) is 48.5 Å². The molecule has 0 bridgehead atoms. The van der Waals surface area contributed by atoms with Gasteiger partial charge >= 0.3 is 0 Å². The van der Waals surface area contributed by atoms with Crippen LogP contribution in [-0.4, -0.2) is 12.6 Å². The van der Waals surface area contributed by atoms with Gasteiger partial charge in [0, 0.05) is 0 Å². The molecule has 6 nitrogen and oxygen atoms in total. The lowest BCUT2D eigenvalue weighted by Gasteiger charge is -1.85. The Morgan fingerprint density at radius 1 is 0.704 bits per heavy atom. The molecule has 0 fully saturated rings. The average molecular weight is 353 g/mol. The number of rotatable bonds is 3. The molecule has 2 rings (SSSR count). The summed E-state index contributed by atoms with van der Waals surface area (Å²) in [5.41, 5.74) is 2.33. The van der Waals surface area contributed by atoms with Crippen LogP contribution in [0.1, 0.15) is 22.3 Å². The van der Waals surface area contributed by atoms with Crippen LogP contribution < -0.4 is 0 Å². The summed E-state index contributed by atoms with van der Waals surface area (Å²) in [4.78, 5) is 19.2. The van der Waals surface area contributed by atoms with Gasteiger partial charge in [-0.2, -0.15) is 21.0 Å². The van der Waals surface area contributed by atoms with Crippen molar-refractivity contribution in [3.63, 3.8) is 0 Å². The molecule has 2 aromatic rings. The van der Waals surface area contributed by atoms with Gasteiger partial charge in [0.25, 0.3) is 0 Å². The van der Waals surface area contributed by atoms with Crippen molar-refractivity contribution >= 4 is 12.6 Å². The fourth-order valence-electron chi connectivity index (χ4n) is 1.37. The Bertz CT molecular complexity index is 767. The van der Waals surface area contributed by atoms with E-state index in [1.165, 1.54) is 12.4 Å². The predicted molar refractivity (Wildman–Crippen MR) is 97.2 cm³/mol. The average Bonchev–Trinajstić information content (AvgIpc) is 2.76. The van der Waals surface area contributed by atoms with Gasteiger partial charge in [-0.1, -0.05) is 6.08 Å². The van der Waals surface area contributed by atoms with Crippen molar-refractivity contribution in [2.24, 2.45) is 5.92 Å². The summed E-state index contributed by atoms with van der Waals surface area (Å²) in [7, 11) is 0. The Morgan fingerprint density at radius 3 is 1.04 bits per heavy atom. The second-order valence-corrected chi connectivity index (χ2v) is 4.62. The van der Waals surface area contributed by atoms with Crippen LogP contribution in [0.15, 0.2) is 61.2 Å². The summed E-state index contributed by atoms with van der Waals surface area (Å²) in [6.07, 6.45) is 3.19. The van der Waals surface area contributed by atoms with Crippen molar-refractivity contribution in [1.82, 2.24) is 0 Å². The molecule has 0 spiro atoms. The first kappa shape index (κ1) is 22.5. The lowest BCUT2D eigenvalue weighted by Crippen LogP contribution is -1.96. The summed E-state index contributed by atoms with van der Waals surface area (Å²) in [5, 5.41) is 33.5. The van der Waals surface area contributed by atoms with E-state index in [1.807, 2.05) is 24.3 Å². The van der Waals surface area contributed by atoms with Crippen LogP contribution in [0.2, 0.25) is 0 Å². The second-order valence-electron chi connectivity index (χ2n) is 4.62. The maximum absolute atomic E-state index is 9.63. The summed E-state index contributed by atoms with van der Waals surface area (Å²) >= 11 is 0. The first-order valence-corrected chi connectivity index (χ1v) is 7.34. The fraction of sp³-hybridized carbons (Fsp3) is 0.0476. The minimum atomic E-state index is -0.736. The number of hydrogen-bond acceptors (Lipinski definition) is 6. The molecule has 0 amide bonds. The van der Waals surface area contributed by atoms with Gasteiger partial charge in [-0.25, -0.2) is 0 Å². The third-order valence-corrected chi connectivity index (χ3v) is 2.82. The smallest absolute Gasteiger partial charge is 0.213 e. The van der Waals surface area contributed by atoms with Crippen molar-refractivity contribution in [2.45, 2.75) is 0 Å². The molecule has 0 heterocycles. The molecule has 0 aliphatic rings. The highest BCUT2D eigenvalue weighted by atomic mass is 16.1. The number of carbonyl (C=O) groups excluding carboxylic acids is 2. The second kappa shape index (κ2) is 13.9. The molecule has 0 aromatic heterocycles. The van der Waals surface area contributed by atoms with Crippen LogP contribution in [0.5, 0.6) is 0 Å². The quantitative estimate of drug-likeness (QED) is 0.474. The number of benzene rings is 2. The van der Waals surface area contributed by atoms with Crippen molar-refractivity contribution in [1.29, 1.82) is 21.0 Å². The van der Waals surface area contributed by atoms with Crippen molar-refractivity contribution in [3.8, 4) is 24.3 Å². The van der Waals surface area contributed by atoms with Crippen LogP contribution in [-0.2, 0) is 9.59 Å². The molecule has 1 radical (unpaired) electrons. The monoisotopic (exact) mass is 353 g/mol. The number of nitrogens with zero attached hydrogens (tertiary/aromatic N) is 4. The lowest BCUT2D eigenvalue weighted by molar-refractivity contribution is -0.108. The maximum atomic E-state index is 9.63. The number of nitriles is 4. The van der Waals surface area contributed by atoms with Gasteiger partial charge < -0.3 is 4.79 Å². The zero-order chi connectivity index (χ0) is 20.5. The minimum Gasteiger partial charge on any atom is -0.302 e. The molecule has 0 aliphatic heterocycles. The summed E-state index contributed by atoms with van der Waals surface area (Å²) < 4.78 is 0. The van der Waals surface area contributed by atoms with Crippen LogP contribution >= 0.6 is 0 Å². The van der Waals surface area contributed by atoms with Gasteiger partial charge in [0.15, 0.2) is 0 Å². The van der Waals surface area contributed by atoms with Crippen LogP contribution in [0.4, 0.5) is 0 Å². The molecule has 0 N–H and O–H groups in total. The highest BCUT2D eigenvalue weighted by molar-refractivity contribution is 5.80. The Kier molecular flexibility index (Phi) is 11.6. The summed E-state index contributed by atoms with van der Waals surface area (Å²) in [6, 6.07) is 20.9. The molecular formula is C21H13N4O2. The van der Waals surface area contributed by atoms with Crippen LogP contribution in [0.25, 0.3) is 0 Å². The van der Waals surface area contributed by atoms with Gasteiger partial charge in [-0.05, 0) is 48.5 Å². The highest BCUT2D eigenvalue weighted by Crippen LogP contribution is 2.01. The van der Waals surface area contributed by atoms with E-state index in [9.17, 15) is 9.59 Å². The van der Waals surface area contributed by atoms with E-state index in [-0.39, 0.29) is 0 Å². The van der Waals surface area contributed by atoms with E-state index in [4.69, 9.17) is 21.0 Å². The van der Waals surface area contributed by atoms with Gasteiger partial charge in [0.2, 0.25) is 6.29 Å². The predicted octanol–water partition coefficient (Wildman–Crippen LogP) is 2.96. The molecule has 6 heteroatoms. The molecular weight excluding hydrogens is 340 g/mol. The molecule has 1 unspecified atom stereocenters. The largest absolute Gasteiger partial charge is 0.302 e. The van der Waals surface area contributed by atoms with Gasteiger partial charge in [-0.15, -0.1) is 6.58 Å². The Morgan fingerprint density at radius 2 is 0.963 bits per heavy atom. The zero-order valence-electron chi connectivity index (χ0n) is 14.2. The van der Waals surface area contributed by atoms with Crippen molar-refractivity contribution < 1.29 is 9.59 Å². The van der Waals surface area contributed by atoms with Gasteiger partial charge in [0.1, 0.15) is 6.29 Å². The van der Waals surface area contributed by atoms with Crippen molar-refractivity contribution in [2.75, 3.05) is 0 Å². The number of hydrogen-bond donors (Lipinski definition) is 0. The molecule has 27 heavy (non-hydrogen) atoms. The van der Waals surface area contributed by atoms with E-state index < -0.39 is 5.92 Å². The van der Waals surface area contributed by atoms with E-state index in [0.29, 0.717) is 28.5 Å². The lowest BCUT2D eigenvalue weighted by atomic mass is 10.2. The third kappa shape index (κ3) is 9.38. The van der Waals surface area contributed by atoms with E-state index >= 15 is 0 Å². The van der Waals surface area contributed by atoms with Crippen molar-refractivity contribution in [3.05, 3.63) is 83.4 Å². The molecule has 129 valence electrons. The van der Waals surface area contributed by atoms with Crippen LogP contribution in [0.3, 0.4) is 0 Å². The van der Waals surface area contributed by atoms with E-state index in [2.05, 4.69) is 6.58 Å². The summed E-state index contributed by atoms with van der Waals surface area (Å²) in [5.74, 6) is -0.736. The normalized spacial score (nSPS) is 7.89. The Hall–Kier alpha value is -4.52. The van der Waals surface area contributed by atoms with Gasteiger partial charge in [-0.3, -0.25) is 4.79 Å². The van der Waals surface area contributed by atoms with Crippen LogP contribution in [0, 0.1) is 51.2 Å². The SMILES string of the molecule is C=CC([C]=O)C=O.N#Cc1ccc(C#N)cc1.N#Cc1ccc(C#N)cc1. The molecule has 1 atom stereocenters. The van der Waals surface area contributed by atoms with E-state index in [0.717, 1.165) is 0 Å². The summed E-state index contributed by atoms with van der Waals surface area (Å²) in [6.45, 7) is 3.21. The number of aldehydes is 1. The highest BCUT2D eigenvalue weighted by Gasteiger charge is 1.95. The molecule has 0 saturated carbocycles. The number of carbonyl (C=O) groups is 1. The van der Waals surface area contributed by atoms with Gasteiger partial charge in [0.05, 0.1) is 52.4 Å². The third-order valence-electron chi connectivity index (χ3n) is 2.82. The first-order valence-electron chi connectivity index (χ1n) is 7.34. The first-order chi connectivity index (χ1) is 13.1. The fourth-order valence-corrected chi connectivity index (χ4v) is 1.37. The zero-order valence-corrected chi connectivity index (χ0v) is 14.2. The number of allylic oxidation sites excluding steroid dienone is 1. The molecule has 0 saturated heterocycles. The Balaban J connectivity index is 0.000000384. The Labute approximate surface area is 157 Å². The maximum Gasteiger partial charge on any atom is 0.213 e. The molecule has 2 aromatic carbocycles. The minimum absolute atomic E-state index is 0.486. The topological polar surface area (TPSA) is 129 Å². The standard InChI is InChI=1S/2C8H4N2.C5H5O2/c2*9-5-7-1-2-8(6-10)4-3-7;1-2-5(3-6)4-7/h2*1-4H;2-3,5H,1H2.